The van der Waals surface area contributed by atoms with Crippen molar-refractivity contribution in [3.05, 3.63) is 15.6 Å². The number of hydrogen-bond donors (Lipinski definition) is 2. The van der Waals surface area contributed by atoms with Crippen LogP contribution in [0.4, 0.5) is 0 Å². The Morgan fingerprint density at radius 2 is 2.05 bits per heavy atom. The van der Waals surface area contributed by atoms with E-state index < -0.39 is 0 Å². The Morgan fingerprint density at radius 3 is 2.57 bits per heavy atom. The van der Waals surface area contributed by atoms with E-state index in [2.05, 4.69) is 55.2 Å². The lowest BCUT2D eigenvalue weighted by Crippen LogP contribution is -2.42. The van der Waals surface area contributed by atoms with Crippen LogP contribution in [0.3, 0.4) is 0 Å². The molecule has 0 aromatic carbocycles. The lowest BCUT2D eigenvalue weighted by molar-refractivity contribution is 0.624. The lowest BCUT2D eigenvalue weighted by Gasteiger charge is -2.15. The molecule has 0 spiro atoms. The van der Waals surface area contributed by atoms with Gasteiger partial charge in [0.05, 0.1) is 10.7 Å². The van der Waals surface area contributed by atoms with Gasteiger partial charge in [0.1, 0.15) is 0 Å². The van der Waals surface area contributed by atoms with Crippen LogP contribution >= 0.6 is 35.3 Å². The highest BCUT2D eigenvalue weighted by Gasteiger charge is 2.06. The van der Waals surface area contributed by atoms with Gasteiger partial charge in [-0.05, 0) is 33.6 Å². The van der Waals surface area contributed by atoms with Crippen molar-refractivity contribution in [2.24, 2.45) is 4.99 Å². The maximum atomic E-state index is 4.66. The second-order valence-corrected chi connectivity index (χ2v) is 6.22. The first kappa shape index (κ1) is 20.6. The van der Waals surface area contributed by atoms with E-state index in [0.29, 0.717) is 6.04 Å². The minimum atomic E-state index is 0. The molecule has 1 rings (SSSR count). The molecule has 1 aromatic heterocycles. The summed E-state index contributed by atoms with van der Waals surface area (Å²) >= 11 is 1.80. The summed E-state index contributed by atoms with van der Waals surface area (Å²) in [6.45, 7) is 12.4. The third-order valence-electron chi connectivity index (χ3n) is 3.21. The Morgan fingerprint density at radius 1 is 1.33 bits per heavy atom. The standard InChI is InChI=1S/C15H28N4S.HI/c1-6-11(4)18-15(16-8-3)17-10-9-14-19-13(7-2)12(5)20-14;/h11H,6-10H2,1-5H3,(H2,16,17,18);1H. The Hall–Kier alpha value is -0.370. The molecule has 0 aliphatic heterocycles. The summed E-state index contributed by atoms with van der Waals surface area (Å²) in [4.78, 5) is 10.6. The number of hydrogen-bond acceptors (Lipinski definition) is 3. The Kier molecular flexibility index (Phi) is 11.0. The number of rotatable bonds is 7. The van der Waals surface area contributed by atoms with Gasteiger partial charge in [0, 0.05) is 30.4 Å². The summed E-state index contributed by atoms with van der Waals surface area (Å²) < 4.78 is 0. The zero-order valence-electron chi connectivity index (χ0n) is 13.8. The topological polar surface area (TPSA) is 49.3 Å². The van der Waals surface area contributed by atoms with Crippen LogP contribution in [0, 0.1) is 6.92 Å². The van der Waals surface area contributed by atoms with Crippen molar-refractivity contribution in [3.63, 3.8) is 0 Å². The normalized spacial score (nSPS) is 12.7. The van der Waals surface area contributed by atoms with E-state index in [4.69, 9.17) is 0 Å². The molecule has 0 bridgehead atoms. The van der Waals surface area contributed by atoms with Gasteiger partial charge in [-0.15, -0.1) is 35.3 Å². The van der Waals surface area contributed by atoms with Crippen LogP contribution in [0.5, 0.6) is 0 Å². The predicted molar refractivity (Wildman–Crippen MR) is 104 cm³/mol. The van der Waals surface area contributed by atoms with Gasteiger partial charge in [-0.3, -0.25) is 4.99 Å². The average molecular weight is 424 g/mol. The van der Waals surface area contributed by atoms with Crippen LogP contribution < -0.4 is 10.6 Å². The summed E-state index contributed by atoms with van der Waals surface area (Å²) in [6, 6.07) is 0.446. The Bertz CT molecular complexity index is 431. The first-order chi connectivity index (χ1) is 9.60. The minimum absolute atomic E-state index is 0. The molecule has 0 fully saturated rings. The number of guanidine groups is 1. The third-order valence-corrected chi connectivity index (χ3v) is 4.28. The van der Waals surface area contributed by atoms with Crippen LogP contribution in [-0.2, 0) is 12.8 Å². The number of nitrogens with one attached hydrogen (secondary N) is 2. The average Bonchev–Trinajstić information content (AvgIpc) is 2.79. The summed E-state index contributed by atoms with van der Waals surface area (Å²) in [5, 5.41) is 7.88. The van der Waals surface area contributed by atoms with E-state index in [0.717, 1.165) is 38.3 Å². The zero-order valence-corrected chi connectivity index (χ0v) is 17.0. The molecule has 6 heteroatoms. The molecule has 1 heterocycles. The van der Waals surface area contributed by atoms with Crippen LogP contribution in [-0.4, -0.2) is 30.1 Å². The fraction of sp³-hybridized carbons (Fsp3) is 0.733. The fourth-order valence-electron chi connectivity index (χ4n) is 1.84. The maximum Gasteiger partial charge on any atom is 0.191 e. The van der Waals surface area contributed by atoms with Gasteiger partial charge in [0.25, 0.3) is 0 Å². The van der Waals surface area contributed by atoms with Crippen molar-refractivity contribution < 1.29 is 0 Å². The third kappa shape index (κ3) is 7.44. The van der Waals surface area contributed by atoms with Gasteiger partial charge in [0.15, 0.2) is 5.96 Å². The molecule has 0 saturated heterocycles. The number of aromatic nitrogens is 1. The molecule has 122 valence electrons. The molecule has 1 unspecified atom stereocenters. The Labute approximate surface area is 150 Å². The van der Waals surface area contributed by atoms with E-state index >= 15 is 0 Å². The van der Waals surface area contributed by atoms with Crippen molar-refractivity contribution in [2.45, 2.75) is 59.9 Å². The molecular weight excluding hydrogens is 395 g/mol. The minimum Gasteiger partial charge on any atom is -0.357 e. The number of halogens is 1. The first-order valence-electron chi connectivity index (χ1n) is 7.60. The van der Waals surface area contributed by atoms with E-state index in [1.165, 1.54) is 15.6 Å². The van der Waals surface area contributed by atoms with Crippen LogP contribution in [0.25, 0.3) is 0 Å². The van der Waals surface area contributed by atoms with Crippen molar-refractivity contribution in [1.29, 1.82) is 0 Å². The molecule has 0 aliphatic rings. The molecule has 0 saturated carbocycles. The second kappa shape index (κ2) is 11.2. The summed E-state index contributed by atoms with van der Waals surface area (Å²) in [5.74, 6) is 0.908. The van der Waals surface area contributed by atoms with E-state index in [1.54, 1.807) is 11.3 Å². The maximum absolute atomic E-state index is 4.66. The second-order valence-electron chi connectivity index (χ2n) is 4.93. The van der Waals surface area contributed by atoms with Crippen LogP contribution in [0.15, 0.2) is 4.99 Å². The molecule has 4 nitrogen and oxygen atoms in total. The van der Waals surface area contributed by atoms with Gasteiger partial charge in [0.2, 0.25) is 0 Å². The number of thiazole rings is 1. The monoisotopic (exact) mass is 424 g/mol. The van der Waals surface area contributed by atoms with Crippen molar-refractivity contribution in [3.8, 4) is 0 Å². The Balaban J connectivity index is 0.00000400. The van der Waals surface area contributed by atoms with Gasteiger partial charge >= 0.3 is 0 Å². The number of aliphatic imine (C=N–C) groups is 1. The first-order valence-corrected chi connectivity index (χ1v) is 8.42. The van der Waals surface area contributed by atoms with E-state index in [9.17, 15) is 0 Å². The van der Waals surface area contributed by atoms with Gasteiger partial charge in [-0.1, -0.05) is 13.8 Å². The van der Waals surface area contributed by atoms with Gasteiger partial charge in [-0.25, -0.2) is 4.98 Å². The number of nitrogens with zero attached hydrogens (tertiary/aromatic N) is 2. The van der Waals surface area contributed by atoms with Crippen molar-refractivity contribution in [1.82, 2.24) is 15.6 Å². The summed E-state index contributed by atoms with van der Waals surface area (Å²) in [7, 11) is 0. The van der Waals surface area contributed by atoms with Crippen LogP contribution in [0.1, 0.15) is 49.7 Å². The predicted octanol–water partition coefficient (Wildman–Crippen LogP) is 3.53. The van der Waals surface area contributed by atoms with Gasteiger partial charge < -0.3 is 10.6 Å². The van der Waals surface area contributed by atoms with Crippen molar-refractivity contribution >= 4 is 41.3 Å². The molecule has 1 aromatic rings. The molecule has 0 amide bonds. The highest BCUT2D eigenvalue weighted by Crippen LogP contribution is 2.18. The molecule has 1 atom stereocenters. The summed E-state index contributed by atoms with van der Waals surface area (Å²) in [5.41, 5.74) is 1.23. The quantitative estimate of drug-likeness (QED) is 0.400. The molecule has 2 N–H and O–H groups in total. The number of aryl methyl sites for hydroxylation is 2. The zero-order chi connectivity index (χ0) is 15.0. The van der Waals surface area contributed by atoms with E-state index in [1.807, 2.05) is 0 Å². The lowest BCUT2D eigenvalue weighted by atomic mass is 10.3. The molecule has 0 radical (unpaired) electrons. The van der Waals surface area contributed by atoms with Crippen molar-refractivity contribution in [2.75, 3.05) is 13.1 Å². The van der Waals surface area contributed by atoms with Gasteiger partial charge in [-0.2, -0.15) is 0 Å². The summed E-state index contributed by atoms with van der Waals surface area (Å²) in [6.07, 6.45) is 3.03. The van der Waals surface area contributed by atoms with E-state index in [-0.39, 0.29) is 24.0 Å². The molecule has 21 heavy (non-hydrogen) atoms. The SMILES string of the molecule is CCNC(=NCCc1nc(CC)c(C)s1)NC(C)CC.I. The highest BCUT2D eigenvalue weighted by molar-refractivity contribution is 14.0. The highest BCUT2D eigenvalue weighted by atomic mass is 127. The fourth-order valence-corrected chi connectivity index (χ4v) is 2.85. The largest absolute Gasteiger partial charge is 0.357 e. The smallest absolute Gasteiger partial charge is 0.191 e. The van der Waals surface area contributed by atoms with Crippen LogP contribution in [0.2, 0.25) is 0 Å². The molecular formula is C15H29IN4S. The molecule has 0 aliphatic carbocycles.